The van der Waals surface area contributed by atoms with Crippen LogP contribution in [-0.4, -0.2) is 60.6 Å². The average molecular weight is 319 g/mol. The van der Waals surface area contributed by atoms with Gasteiger partial charge in [-0.05, 0) is 12.3 Å². The van der Waals surface area contributed by atoms with E-state index in [1.54, 1.807) is 0 Å². The first kappa shape index (κ1) is 15.3. The second kappa shape index (κ2) is 5.22. The fraction of sp³-hybridized carbons (Fsp3) is 0.769. The molecule has 3 rings (SSSR count). The number of hydrogen-bond donors (Lipinski definition) is 1. The van der Waals surface area contributed by atoms with E-state index in [0.29, 0.717) is 31.7 Å². The molecule has 122 valence electrons. The summed E-state index contributed by atoms with van der Waals surface area (Å²) in [4.78, 5) is 28.4. The van der Waals surface area contributed by atoms with Crippen LogP contribution in [0.5, 0.6) is 0 Å². The number of ether oxygens (including phenoxy) is 1. The lowest BCUT2D eigenvalue weighted by Crippen LogP contribution is -2.40. The Morgan fingerprint density at radius 1 is 1.50 bits per heavy atom. The summed E-state index contributed by atoms with van der Waals surface area (Å²) < 4.78 is 42.4. The fourth-order valence-corrected chi connectivity index (χ4v) is 3.14. The zero-order chi connectivity index (χ0) is 16.0. The maximum absolute atomic E-state index is 12.4. The lowest BCUT2D eigenvalue weighted by molar-refractivity contribution is -0.184. The number of rotatable bonds is 2. The molecule has 0 radical (unpaired) electrons. The molecule has 1 spiro atoms. The Balaban J connectivity index is 1.59. The summed E-state index contributed by atoms with van der Waals surface area (Å²) in [6.45, 7) is 0.836. The first-order valence-corrected chi connectivity index (χ1v) is 7.14. The molecule has 2 unspecified atom stereocenters. The Hall–Kier alpha value is -1.64. The van der Waals surface area contributed by atoms with Crippen LogP contribution in [0, 0.1) is 5.92 Å². The van der Waals surface area contributed by atoms with E-state index in [4.69, 9.17) is 4.74 Å². The molecule has 3 heterocycles. The van der Waals surface area contributed by atoms with Gasteiger partial charge in [-0.3, -0.25) is 14.6 Å². The average Bonchev–Trinajstić information content (AvgIpc) is 3.12. The van der Waals surface area contributed by atoms with Crippen LogP contribution in [0.3, 0.4) is 0 Å². The zero-order valence-corrected chi connectivity index (χ0v) is 11.8. The number of carbonyl (C=O) groups is 2. The number of halogens is 3. The fourth-order valence-electron chi connectivity index (χ4n) is 3.14. The number of nitrogens with zero attached hydrogens (tertiary/aromatic N) is 2. The molecule has 2 fully saturated rings. The predicted octanol–water partition coefficient (Wildman–Crippen LogP) is 0.475. The number of amidine groups is 1. The number of alkyl halides is 3. The van der Waals surface area contributed by atoms with Gasteiger partial charge in [-0.1, -0.05) is 0 Å². The van der Waals surface area contributed by atoms with Crippen molar-refractivity contribution < 1.29 is 27.5 Å². The molecule has 0 bridgehead atoms. The molecule has 6 nitrogen and oxygen atoms in total. The molecule has 0 aromatic carbocycles. The molecule has 3 aliphatic rings. The Kier molecular flexibility index (Phi) is 3.62. The van der Waals surface area contributed by atoms with Crippen molar-refractivity contribution in [3.63, 3.8) is 0 Å². The van der Waals surface area contributed by atoms with Gasteiger partial charge in [0.25, 0.3) is 5.91 Å². The van der Waals surface area contributed by atoms with E-state index < -0.39 is 17.6 Å². The third-order valence-corrected chi connectivity index (χ3v) is 4.33. The molecule has 2 saturated heterocycles. The van der Waals surface area contributed by atoms with Crippen LogP contribution < -0.4 is 5.32 Å². The minimum atomic E-state index is -4.83. The SMILES string of the molecule is O=C(N1CCC(CC2=NC3(CCOC3)C(=O)N2)C1)C(F)(F)F. The first-order chi connectivity index (χ1) is 10.3. The van der Waals surface area contributed by atoms with Crippen molar-refractivity contribution in [2.75, 3.05) is 26.3 Å². The molecule has 1 N–H and O–H groups in total. The van der Waals surface area contributed by atoms with Gasteiger partial charge in [0.15, 0.2) is 5.54 Å². The second-order valence-corrected chi connectivity index (χ2v) is 5.95. The highest BCUT2D eigenvalue weighted by Gasteiger charge is 2.48. The second-order valence-electron chi connectivity index (χ2n) is 5.95. The Morgan fingerprint density at radius 3 is 2.91 bits per heavy atom. The van der Waals surface area contributed by atoms with E-state index in [0.717, 1.165) is 4.90 Å². The quantitative estimate of drug-likeness (QED) is 0.804. The molecule has 3 aliphatic heterocycles. The van der Waals surface area contributed by atoms with Crippen molar-refractivity contribution in [3.8, 4) is 0 Å². The van der Waals surface area contributed by atoms with Crippen molar-refractivity contribution in [2.24, 2.45) is 10.9 Å². The molecule has 9 heteroatoms. The minimum absolute atomic E-state index is 0.0384. The Bertz CT molecular complexity index is 526. The van der Waals surface area contributed by atoms with Crippen LogP contribution >= 0.6 is 0 Å². The summed E-state index contributed by atoms with van der Waals surface area (Å²) >= 11 is 0. The topological polar surface area (TPSA) is 71.0 Å². The van der Waals surface area contributed by atoms with Crippen LogP contribution in [0.2, 0.25) is 0 Å². The maximum Gasteiger partial charge on any atom is 0.471 e. The van der Waals surface area contributed by atoms with E-state index >= 15 is 0 Å². The van der Waals surface area contributed by atoms with Crippen molar-refractivity contribution >= 4 is 17.6 Å². The van der Waals surface area contributed by atoms with E-state index in [9.17, 15) is 22.8 Å². The molecule has 2 atom stereocenters. The van der Waals surface area contributed by atoms with Crippen LogP contribution in [0.15, 0.2) is 4.99 Å². The van der Waals surface area contributed by atoms with Gasteiger partial charge < -0.3 is 15.0 Å². The number of likely N-dealkylation sites (tertiary alicyclic amines) is 1. The highest BCUT2D eigenvalue weighted by molar-refractivity contribution is 6.08. The van der Waals surface area contributed by atoms with E-state index in [-0.39, 0.29) is 31.5 Å². The van der Waals surface area contributed by atoms with Gasteiger partial charge in [0.1, 0.15) is 5.84 Å². The van der Waals surface area contributed by atoms with Gasteiger partial charge in [-0.25, -0.2) is 0 Å². The van der Waals surface area contributed by atoms with Crippen molar-refractivity contribution in [1.29, 1.82) is 0 Å². The summed E-state index contributed by atoms with van der Waals surface area (Å²) in [6.07, 6.45) is -3.47. The molecule has 2 amide bonds. The molecule has 0 aliphatic carbocycles. The lowest BCUT2D eigenvalue weighted by Gasteiger charge is -2.17. The summed E-state index contributed by atoms with van der Waals surface area (Å²) in [5.41, 5.74) is -0.852. The summed E-state index contributed by atoms with van der Waals surface area (Å²) in [7, 11) is 0. The first-order valence-electron chi connectivity index (χ1n) is 7.14. The number of hydrogen-bond acceptors (Lipinski definition) is 4. The number of carbonyl (C=O) groups excluding carboxylic acids is 2. The Labute approximate surface area is 124 Å². The van der Waals surface area contributed by atoms with Crippen molar-refractivity contribution in [3.05, 3.63) is 0 Å². The van der Waals surface area contributed by atoms with E-state index in [2.05, 4.69) is 10.3 Å². The normalized spacial score (nSPS) is 31.8. The van der Waals surface area contributed by atoms with Crippen LogP contribution in [0.4, 0.5) is 13.2 Å². The summed E-state index contributed by atoms with van der Waals surface area (Å²) in [5.74, 6) is -1.64. The van der Waals surface area contributed by atoms with E-state index in [1.807, 2.05) is 0 Å². The largest absolute Gasteiger partial charge is 0.471 e. The highest BCUT2D eigenvalue weighted by Crippen LogP contribution is 2.30. The summed E-state index contributed by atoms with van der Waals surface area (Å²) in [5, 5.41) is 2.69. The predicted molar refractivity (Wildman–Crippen MR) is 69.1 cm³/mol. The van der Waals surface area contributed by atoms with Gasteiger partial charge in [0.05, 0.1) is 6.61 Å². The smallest absolute Gasteiger partial charge is 0.378 e. The monoisotopic (exact) mass is 319 g/mol. The van der Waals surface area contributed by atoms with E-state index in [1.165, 1.54) is 0 Å². The third-order valence-electron chi connectivity index (χ3n) is 4.33. The molecule has 0 aromatic rings. The number of amides is 2. The molecule has 0 saturated carbocycles. The number of aliphatic imine (C=N–C) groups is 1. The minimum Gasteiger partial charge on any atom is -0.378 e. The van der Waals surface area contributed by atoms with Crippen LogP contribution in [0.1, 0.15) is 19.3 Å². The van der Waals surface area contributed by atoms with Gasteiger partial charge >= 0.3 is 12.1 Å². The summed E-state index contributed by atoms with van der Waals surface area (Å²) in [6, 6.07) is 0. The van der Waals surface area contributed by atoms with Gasteiger partial charge in [0, 0.05) is 32.5 Å². The molecular formula is C13H16F3N3O3. The van der Waals surface area contributed by atoms with Gasteiger partial charge in [-0.15, -0.1) is 0 Å². The van der Waals surface area contributed by atoms with Crippen LogP contribution in [0.25, 0.3) is 0 Å². The molecule has 22 heavy (non-hydrogen) atoms. The highest BCUT2D eigenvalue weighted by atomic mass is 19.4. The van der Waals surface area contributed by atoms with Crippen molar-refractivity contribution in [1.82, 2.24) is 10.2 Å². The van der Waals surface area contributed by atoms with Crippen LogP contribution in [-0.2, 0) is 14.3 Å². The van der Waals surface area contributed by atoms with Gasteiger partial charge in [-0.2, -0.15) is 13.2 Å². The number of nitrogens with one attached hydrogen (secondary N) is 1. The standard InChI is InChI=1S/C13H16F3N3O3/c14-13(15,16)11(21)19-3-1-8(6-19)5-9-17-10(20)12(18-9)2-4-22-7-12/h8H,1-7H2,(H,17,18,20). The van der Waals surface area contributed by atoms with Gasteiger partial charge in [0.2, 0.25) is 0 Å². The maximum atomic E-state index is 12.4. The lowest BCUT2D eigenvalue weighted by atomic mass is 10.0. The molecular weight excluding hydrogens is 303 g/mol. The zero-order valence-electron chi connectivity index (χ0n) is 11.8. The van der Waals surface area contributed by atoms with Crippen molar-refractivity contribution in [2.45, 2.75) is 31.0 Å². The third kappa shape index (κ3) is 2.69. The Morgan fingerprint density at radius 2 is 2.27 bits per heavy atom. The molecule has 0 aromatic heterocycles.